The Bertz CT molecular complexity index is 777. The highest BCUT2D eigenvalue weighted by Crippen LogP contribution is 2.22. The Kier molecular flexibility index (Phi) is 2.25. The summed E-state index contributed by atoms with van der Waals surface area (Å²) in [5.41, 5.74) is 0.772. The predicted molar refractivity (Wildman–Crippen MR) is 65.9 cm³/mol. The van der Waals surface area contributed by atoms with Crippen LogP contribution in [0, 0.1) is 5.82 Å². The lowest BCUT2D eigenvalue weighted by molar-refractivity contribution is 0.626. The van der Waals surface area contributed by atoms with Crippen LogP contribution in [0.2, 0.25) is 0 Å². The highest BCUT2D eigenvalue weighted by molar-refractivity contribution is 9.08. The fourth-order valence-corrected chi connectivity index (χ4v) is 2.30. The lowest BCUT2D eigenvalue weighted by Gasteiger charge is -2.04. The van der Waals surface area contributed by atoms with Crippen molar-refractivity contribution >= 4 is 32.5 Å². The standard InChI is InChI=1S/C11H7BrFN3O/c12-5-6-1-2-7-9(8(6)13)15-11(17)16-4-3-14-10(7)16/h1-4H,5H2,(H,15,17). The summed E-state index contributed by atoms with van der Waals surface area (Å²) in [4.78, 5) is 18.3. The molecule has 3 aromatic rings. The Morgan fingerprint density at radius 2 is 2.29 bits per heavy atom. The molecule has 0 atom stereocenters. The van der Waals surface area contributed by atoms with Crippen molar-refractivity contribution in [1.82, 2.24) is 14.4 Å². The Hall–Kier alpha value is -1.69. The van der Waals surface area contributed by atoms with Gasteiger partial charge in [0.1, 0.15) is 5.65 Å². The number of hydrogen-bond donors (Lipinski definition) is 1. The molecule has 0 bridgehead atoms. The molecule has 0 amide bonds. The van der Waals surface area contributed by atoms with Gasteiger partial charge in [0, 0.05) is 28.7 Å². The molecule has 0 aliphatic heterocycles. The molecular weight excluding hydrogens is 289 g/mol. The number of rotatable bonds is 1. The van der Waals surface area contributed by atoms with Gasteiger partial charge in [0.15, 0.2) is 5.82 Å². The van der Waals surface area contributed by atoms with Crippen LogP contribution in [0.1, 0.15) is 5.56 Å². The van der Waals surface area contributed by atoms with Gasteiger partial charge in [-0.25, -0.2) is 14.2 Å². The third-order valence-electron chi connectivity index (χ3n) is 2.70. The van der Waals surface area contributed by atoms with E-state index in [1.807, 2.05) is 0 Å². The van der Waals surface area contributed by atoms with Crippen LogP contribution in [-0.2, 0) is 5.33 Å². The first kappa shape index (κ1) is 10.5. The second kappa shape index (κ2) is 3.66. The highest BCUT2D eigenvalue weighted by Gasteiger charge is 2.11. The van der Waals surface area contributed by atoms with Crippen LogP contribution in [0.4, 0.5) is 4.39 Å². The average molecular weight is 296 g/mol. The van der Waals surface area contributed by atoms with Crippen molar-refractivity contribution in [2.45, 2.75) is 5.33 Å². The number of H-pyrrole nitrogens is 1. The van der Waals surface area contributed by atoms with Gasteiger partial charge in [-0.2, -0.15) is 0 Å². The molecule has 6 heteroatoms. The van der Waals surface area contributed by atoms with E-state index in [2.05, 4.69) is 25.9 Å². The first-order valence-electron chi connectivity index (χ1n) is 4.95. The zero-order chi connectivity index (χ0) is 12.0. The van der Waals surface area contributed by atoms with E-state index >= 15 is 0 Å². The number of halogens is 2. The van der Waals surface area contributed by atoms with Gasteiger partial charge >= 0.3 is 5.69 Å². The van der Waals surface area contributed by atoms with E-state index in [-0.39, 0.29) is 5.52 Å². The molecule has 0 spiro atoms. The number of aromatic nitrogens is 3. The second-order valence-electron chi connectivity index (χ2n) is 3.65. The second-order valence-corrected chi connectivity index (χ2v) is 4.21. The van der Waals surface area contributed by atoms with E-state index in [4.69, 9.17) is 0 Å². The van der Waals surface area contributed by atoms with Crippen LogP contribution in [0.3, 0.4) is 0 Å². The van der Waals surface area contributed by atoms with E-state index < -0.39 is 11.5 Å². The minimum absolute atomic E-state index is 0.200. The summed E-state index contributed by atoms with van der Waals surface area (Å²) >= 11 is 3.20. The van der Waals surface area contributed by atoms with Gasteiger partial charge in [-0.3, -0.25) is 4.40 Å². The summed E-state index contributed by atoms with van der Waals surface area (Å²) in [6.07, 6.45) is 3.06. The zero-order valence-electron chi connectivity index (χ0n) is 8.58. The summed E-state index contributed by atoms with van der Waals surface area (Å²) in [5.74, 6) is -0.415. The smallest absolute Gasteiger partial charge is 0.304 e. The molecule has 0 aliphatic carbocycles. The van der Waals surface area contributed by atoms with Crippen molar-refractivity contribution in [1.29, 1.82) is 0 Å². The van der Waals surface area contributed by atoms with Crippen LogP contribution >= 0.6 is 15.9 Å². The zero-order valence-corrected chi connectivity index (χ0v) is 10.2. The fraction of sp³-hybridized carbons (Fsp3) is 0.0909. The number of alkyl halides is 1. The molecule has 0 aliphatic rings. The SMILES string of the molecule is O=c1[nH]c2c(F)c(CBr)ccc2c2nccn12. The molecule has 3 rings (SSSR count). The number of benzene rings is 1. The van der Waals surface area contributed by atoms with Crippen molar-refractivity contribution in [3.8, 4) is 0 Å². The van der Waals surface area contributed by atoms with Gasteiger partial charge in [0.05, 0.1) is 5.52 Å². The molecule has 1 aromatic carbocycles. The van der Waals surface area contributed by atoms with Gasteiger partial charge in [0.25, 0.3) is 0 Å². The lowest BCUT2D eigenvalue weighted by atomic mass is 10.1. The molecule has 0 saturated carbocycles. The molecule has 2 aromatic heterocycles. The summed E-state index contributed by atoms with van der Waals surface area (Å²) in [6, 6.07) is 3.44. The van der Waals surface area contributed by atoms with Crippen molar-refractivity contribution in [3.63, 3.8) is 0 Å². The molecule has 1 N–H and O–H groups in total. The average Bonchev–Trinajstić information content (AvgIpc) is 2.81. The minimum atomic E-state index is -0.415. The largest absolute Gasteiger partial charge is 0.331 e. The molecule has 4 nitrogen and oxygen atoms in total. The van der Waals surface area contributed by atoms with E-state index in [1.165, 1.54) is 10.6 Å². The molecule has 0 radical (unpaired) electrons. The van der Waals surface area contributed by atoms with Crippen molar-refractivity contribution in [2.24, 2.45) is 0 Å². The molecule has 86 valence electrons. The van der Waals surface area contributed by atoms with E-state index in [9.17, 15) is 9.18 Å². The Morgan fingerprint density at radius 1 is 1.47 bits per heavy atom. The van der Waals surface area contributed by atoms with Crippen molar-refractivity contribution in [2.75, 3.05) is 0 Å². The quantitative estimate of drug-likeness (QED) is 0.700. The summed E-state index contributed by atoms with van der Waals surface area (Å²) < 4.78 is 15.4. The van der Waals surface area contributed by atoms with Gasteiger partial charge in [0.2, 0.25) is 0 Å². The van der Waals surface area contributed by atoms with Crippen LogP contribution in [0.25, 0.3) is 16.6 Å². The summed E-state index contributed by atoms with van der Waals surface area (Å²) in [5, 5.41) is 0.993. The number of nitrogens with one attached hydrogen (secondary N) is 1. The normalized spacial score (nSPS) is 11.4. The Balaban J connectivity index is 2.58. The van der Waals surface area contributed by atoms with E-state index in [0.717, 1.165) is 0 Å². The Labute approximate surface area is 103 Å². The van der Waals surface area contributed by atoms with Gasteiger partial charge < -0.3 is 4.98 Å². The van der Waals surface area contributed by atoms with Crippen LogP contribution in [0.15, 0.2) is 29.3 Å². The van der Waals surface area contributed by atoms with E-state index in [0.29, 0.717) is 21.9 Å². The highest BCUT2D eigenvalue weighted by atomic mass is 79.9. The maximum atomic E-state index is 14.0. The third-order valence-corrected chi connectivity index (χ3v) is 3.30. The van der Waals surface area contributed by atoms with Gasteiger partial charge in [-0.1, -0.05) is 22.0 Å². The summed E-state index contributed by atoms with van der Waals surface area (Å²) in [6.45, 7) is 0. The van der Waals surface area contributed by atoms with Crippen molar-refractivity contribution in [3.05, 3.63) is 46.4 Å². The molecule has 17 heavy (non-hydrogen) atoms. The van der Waals surface area contributed by atoms with Gasteiger partial charge in [-0.05, 0) is 6.07 Å². The first-order valence-corrected chi connectivity index (χ1v) is 6.07. The third kappa shape index (κ3) is 1.40. The number of nitrogens with zero attached hydrogens (tertiary/aromatic N) is 2. The van der Waals surface area contributed by atoms with Gasteiger partial charge in [-0.15, -0.1) is 0 Å². The molecule has 0 saturated heterocycles. The van der Waals surface area contributed by atoms with Crippen LogP contribution < -0.4 is 5.69 Å². The lowest BCUT2D eigenvalue weighted by Crippen LogP contribution is -2.16. The predicted octanol–water partition coefficient (Wildman–Crippen LogP) is 2.21. The van der Waals surface area contributed by atoms with Crippen molar-refractivity contribution < 1.29 is 4.39 Å². The number of fused-ring (bicyclic) bond motifs is 3. The maximum Gasteiger partial charge on any atom is 0.331 e. The number of imidazole rings is 1. The topological polar surface area (TPSA) is 50.2 Å². The fourth-order valence-electron chi connectivity index (χ4n) is 1.86. The van der Waals surface area contributed by atoms with Crippen LogP contribution in [-0.4, -0.2) is 14.4 Å². The Morgan fingerprint density at radius 3 is 3.06 bits per heavy atom. The van der Waals surface area contributed by atoms with Crippen LogP contribution in [0.5, 0.6) is 0 Å². The minimum Gasteiger partial charge on any atom is -0.304 e. The maximum absolute atomic E-state index is 14.0. The number of aromatic amines is 1. The summed E-state index contributed by atoms with van der Waals surface area (Å²) in [7, 11) is 0. The first-order chi connectivity index (χ1) is 8.22. The van der Waals surface area contributed by atoms with E-state index in [1.54, 1.807) is 18.3 Å². The molecule has 0 fully saturated rings. The molecule has 0 unspecified atom stereocenters. The monoisotopic (exact) mass is 295 g/mol. The molecular formula is C11H7BrFN3O. The molecule has 2 heterocycles. The number of hydrogen-bond acceptors (Lipinski definition) is 2.